The Morgan fingerprint density at radius 2 is 2.21 bits per heavy atom. The highest BCUT2D eigenvalue weighted by atomic mass is 16.5. The van der Waals surface area contributed by atoms with Crippen molar-refractivity contribution in [3.8, 4) is 0 Å². The number of piperazine rings is 1. The summed E-state index contributed by atoms with van der Waals surface area (Å²) in [5.74, 6) is 0.212. The molecule has 0 aromatic carbocycles. The number of amides is 1. The van der Waals surface area contributed by atoms with Crippen LogP contribution in [0.3, 0.4) is 0 Å². The van der Waals surface area contributed by atoms with Crippen molar-refractivity contribution >= 4 is 5.91 Å². The molecule has 5 nitrogen and oxygen atoms in total. The molecule has 1 amide bonds. The fourth-order valence-corrected chi connectivity index (χ4v) is 3.04. The van der Waals surface area contributed by atoms with Gasteiger partial charge in [0.05, 0.1) is 6.10 Å². The quantitative estimate of drug-likeness (QED) is 0.797. The van der Waals surface area contributed by atoms with Gasteiger partial charge in [-0.05, 0) is 33.7 Å². The predicted molar refractivity (Wildman–Crippen MR) is 75.1 cm³/mol. The molecule has 2 aliphatic heterocycles. The SMILES string of the molecule is CNCC1C(=O)N(C)C(C)(C)CN1CC1CCCO1. The van der Waals surface area contributed by atoms with Gasteiger partial charge in [0.2, 0.25) is 5.91 Å². The average molecular weight is 269 g/mol. The summed E-state index contributed by atoms with van der Waals surface area (Å²) in [6, 6.07) is -0.0628. The normalized spacial score (nSPS) is 32.0. The molecule has 2 atom stereocenters. The molecule has 0 bridgehead atoms. The van der Waals surface area contributed by atoms with Crippen LogP contribution in [0, 0.1) is 0 Å². The molecule has 2 fully saturated rings. The average Bonchev–Trinajstić information content (AvgIpc) is 2.84. The minimum Gasteiger partial charge on any atom is -0.377 e. The first-order valence-corrected chi connectivity index (χ1v) is 7.23. The molecule has 2 aliphatic rings. The van der Waals surface area contributed by atoms with Gasteiger partial charge in [-0.2, -0.15) is 0 Å². The van der Waals surface area contributed by atoms with Crippen molar-refractivity contribution in [2.24, 2.45) is 0 Å². The first-order valence-electron chi connectivity index (χ1n) is 7.23. The number of rotatable bonds is 4. The Bertz CT molecular complexity index is 327. The van der Waals surface area contributed by atoms with E-state index in [0.29, 0.717) is 12.6 Å². The van der Waals surface area contributed by atoms with E-state index in [2.05, 4.69) is 24.1 Å². The Labute approximate surface area is 116 Å². The lowest BCUT2D eigenvalue weighted by atomic mass is 9.95. The Morgan fingerprint density at radius 3 is 2.79 bits per heavy atom. The van der Waals surface area contributed by atoms with Crippen LogP contribution in [0.4, 0.5) is 0 Å². The van der Waals surface area contributed by atoms with Crippen molar-refractivity contribution in [1.29, 1.82) is 0 Å². The standard InChI is InChI=1S/C14H27N3O2/c1-14(2)10-17(9-11-6-5-7-19-11)12(8-15-3)13(18)16(14)4/h11-12,15H,5-10H2,1-4H3. The molecule has 0 spiro atoms. The number of carbonyl (C=O) groups is 1. The highest BCUT2D eigenvalue weighted by Gasteiger charge is 2.43. The molecule has 2 saturated heterocycles. The van der Waals surface area contributed by atoms with Gasteiger partial charge in [0.1, 0.15) is 6.04 Å². The number of nitrogens with zero attached hydrogens (tertiary/aromatic N) is 2. The number of carbonyl (C=O) groups excluding carboxylic acids is 1. The van der Waals surface area contributed by atoms with E-state index in [4.69, 9.17) is 4.74 Å². The first kappa shape index (κ1) is 14.8. The van der Waals surface area contributed by atoms with Crippen molar-refractivity contribution < 1.29 is 9.53 Å². The fraction of sp³-hybridized carbons (Fsp3) is 0.929. The zero-order chi connectivity index (χ0) is 14.0. The van der Waals surface area contributed by atoms with E-state index in [9.17, 15) is 4.79 Å². The lowest BCUT2D eigenvalue weighted by Gasteiger charge is -2.49. The molecule has 0 aromatic heterocycles. The summed E-state index contributed by atoms with van der Waals surface area (Å²) >= 11 is 0. The second-order valence-corrected chi connectivity index (χ2v) is 6.35. The second kappa shape index (κ2) is 5.77. The molecule has 0 saturated carbocycles. The van der Waals surface area contributed by atoms with E-state index in [1.807, 2.05) is 19.0 Å². The molecule has 0 aromatic rings. The van der Waals surface area contributed by atoms with E-state index < -0.39 is 0 Å². The van der Waals surface area contributed by atoms with Crippen LogP contribution in [0.5, 0.6) is 0 Å². The van der Waals surface area contributed by atoms with Crippen LogP contribution < -0.4 is 5.32 Å². The van der Waals surface area contributed by atoms with Crippen molar-refractivity contribution in [3.63, 3.8) is 0 Å². The molecule has 2 rings (SSSR count). The van der Waals surface area contributed by atoms with Crippen LogP contribution in [-0.2, 0) is 9.53 Å². The minimum atomic E-state index is -0.111. The van der Waals surface area contributed by atoms with Crippen molar-refractivity contribution in [1.82, 2.24) is 15.1 Å². The number of nitrogens with one attached hydrogen (secondary N) is 1. The fourth-order valence-electron chi connectivity index (χ4n) is 3.04. The summed E-state index contributed by atoms with van der Waals surface area (Å²) in [6.07, 6.45) is 2.56. The minimum absolute atomic E-state index is 0.0628. The Hall–Kier alpha value is -0.650. The van der Waals surface area contributed by atoms with Gasteiger partial charge in [-0.1, -0.05) is 0 Å². The Morgan fingerprint density at radius 1 is 1.47 bits per heavy atom. The number of ether oxygens (including phenoxy) is 1. The predicted octanol–water partition coefficient (Wildman–Crippen LogP) is 0.306. The first-order chi connectivity index (χ1) is 8.95. The summed E-state index contributed by atoms with van der Waals surface area (Å²) in [7, 11) is 3.81. The molecular formula is C14H27N3O2. The summed E-state index contributed by atoms with van der Waals surface area (Å²) in [5, 5.41) is 3.14. The zero-order valence-electron chi connectivity index (χ0n) is 12.6. The van der Waals surface area contributed by atoms with E-state index in [-0.39, 0.29) is 17.5 Å². The van der Waals surface area contributed by atoms with Crippen LogP contribution >= 0.6 is 0 Å². The van der Waals surface area contributed by atoms with Gasteiger partial charge in [-0.25, -0.2) is 0 Å². The van der Waals surface area contributed by atoms with Gasteiger partial charge in [-0.15, -0.1) is 0 Å². The monoisotopic (exact) mass is 269 g/mol. The molecule has 0 radical (unpaired) electrons. The van der Waals surface area contributed by atoms with Crippen LogP contribution in [0.15, 0.2) is 0 Å². The number of hydrogen-bond acceptors (Lipinski definition) is 4. The van der Waals surface area contributed by atoms with Crippen molar-refractivity contribution in [2.45, 2.75) is 44.4 Å². The van der Waals surface area contributed by atoms with E-state index in [0.717, 1.165) is 32.5 Å². The third-order valence-electron chi connectivity index (χ3n) is 4.41. The van der Waals surface area contributed by atoms with Gasteiger partial charge in [0.15, 0.2) is 0 Å². The lowest BCUT2D eigenvalue weighted by Crippen LogP contribution is -2.67. The maximum Gasteiger partial charge on any atom is 0.241 e. The topological polar surface area (TPSA) is 44.8 Å². The highest BCUT2D eigenvalue weighted by Crippen LogP contribution is 2.25. The van der Waals surface area contributed by atoms with E-state index in [1.165, 1.54) is 0 Å². The molecular weight excluding hydrogens is 242 g/mol. The van der Waals surface area contributed by atoms with Gasteiger partial charge >= 0.3 is 0 Å². The third kappa shape index (κ3) is 3.09. The molecule has 0 aliphatic carbocycles. The maximum atomic E-state index is 12.5. The van der Waals surface area contributed by atoms with Crippen LogP contribution in [-0.4, -0.2) is 73.7 Å². The van der Waals surface area contributed by atoms with Gasteiger partial charge in [0.25, 0.3) is 0 Å². The van der Waals surface area contributed by atoms with Crippen LogP contribution in [0.25, 0.3) is 0 Å². The Kier molecular flexibility index (Phi) is 4.48. The van der Waals surface area contributed by atoms with Crippen LogP contribution in [0.1, 0.15) is 26.7 Å². The largest absolute Gasteiger partial charge is 0.377 e. The van der Waals surface area contributed by atoms with Gasteiger partial charge < -0.3 is 15.0 Å². The smallest absolute Gasteiger partial charge is 0.241 e. The second-order valence-electron chi connectivity index (χ2n) is 6.35. The summed E-state index contributed by atoms with van der Waals surface area (Å²) in [4.78, 5) is 16.7. The van der Waals surface area contributed by atoms with E-state index in [1.54, 1.807) is 0 Å². The number of likely N-dealkylation sites (N-methyl/N-ethyl adjacent to an activating group) is 2. The molecule has 19 heavy (non-hydrogen) atoms. The molecule has 1 N–H and O–H groups in total. The summed E-state index contributed by atoms with van der Waals surface area (Å²) < 4.78 is 5.73. The molecule has 2 heterocycles. The van der Waals surface area contributed by atoms with Crippen molar-refractivity contribution in [2.75, 3.05) is 40.3 Å². The maximum absolute atomic E-state index is 12.5. The Balaban J connectivity index is 2.09. The molecule has 5 heteroatoms. The lowest BCUT2D eigenvalue weighted by molar-refractivity contribution is -0.150. The van der Waals surface area contributed by atoms with Gasteiger partial charge in [-0.3, -0.25) is 9.69 Å². The summed E-state index contributed by atoms with van der Waals surface area (Å²) in [5.41, 5.74) is -0.111. The summed E-state index contributed by atoms with van der Waals surface area (Å²) in [6.45, 7) is 7.60. The third-order valence-corrected chi connectivity index (χ3v) is 4.41. The molecule has 2 unspecified atom stereocenters. The van der Waals surface area contributed by atoms with Crippen LogP contribution in [0.2, 0.25) is 0 Å². The zero-order valence-corrected chi connectivity index (χ0v) is 12.6. The van der Waals surface area contributed by atoms with E-state index >= 15 is 0 Å². The van der Waals surface area contributed by atoms with Gasteiger partial charge in [0, 0.05) is 38.8 Å². The number of hydrogen-bond donors (Lipinski definition) is 1. The molecule has 110 valence electrons. The van der Waals surface area contributed by atoms with Crippen molar-refractivity contribution in [3.05, 3.63) is 0 Å². The highest BCUT2D eigenvalue weighted by molar-refractivity contribution is 5.83.